The summed E-state index contributed by atoms with van der Waals surface area (Å²) < 4.78 is 34.1. The topological polar surface area (TPSA) is 102 Å². The molecule has 0 saturated carbocycles. The van der Waals surface area contributed by atoms with Crippen LogP contribution in [0.5, 0.6) is 11.5 Å². The number of benzene rings is 2. The van der Waals surface area contributed by atoms with E-state index in [1.54, 1.807) is 23.1 Å². The van der Waals surface area contributed by atoms with Gasteiger partial charge in [-0.05, 0) is 36.4 Å². The second-order valence-corrected chi connectivity index (χ2v) is 9.03. The van der Waals surface area contributed by atoms with E-state index in [1.807, 2.05) is 0 Å². The number of hydrogen-bond donors (Lipinski definition) is 1. The minimum atomic E-state index is -3.30. The fourth-order valence-electron chi connectivity index (χ4n) is 3.36. The van der Waals surface area contributed by atoms with E-state index < -0.39 is 15.8 Å². The van der Waals surface area contributed by atoms with E-state index in [1.165, 1.54) is 24.3 Å². The molecule has 1 fully saturated rings. The first-order chi connectivity index (χ1) is 13.8. The fourth-order valence-corrected chi connectivity index (χ4v) is 3.99. The van der Waals surface area contributed by atoms with Gasteiger partial charge in [0.1, 0.15) is 13.2 Å². The summed E-state index contributed by atoms with van der Waals surface area (Å²) in [4.78, 5) is 26.8. The van der Waals surface area contributed by atoms with Crippen molar-refractivity contribution in [2.75, 3.05) is 36.2 Å². The summed E-state index contributed by atoms with van der Waals surface area (Å²) in [6, 6.07) is 11.2. The van der Waals surface area contributed by atoms with Gasteiger partial charge in [0.15, 0.2) is 21.3 Å². The SMILES string of the molecule is CS(=O)(=O)c1ccc(NC(=O)[C@H]2CC(=O)N(c3ccc4c(c3)OCCO4)C2)cc1. The second kappa shape index (κ2) is 7.40. The van der Waals surface area contributed by atoms with E-state index in [2.05, 4.69) is 5.32 Å². The summed E-state index contributed by atoms with van der Waals surface area (Å²) in [6.45, 7) is 1.20. The molecular weight excluding hydrogens is 396 g/mol. The van der Waals surface area contributed by atoms with Crippen LogP contribution in [-0.4, -0.2) is 46.2 Å². The molecule has 0 bridgehead atoms. The number of ether oxygens (including phenoxy) is 2. The molecule has 0 radical (unpaired) electrons. The van der Waals surface area contributed by atoms with Crippen molar-refractivity contribution in [2.45, 2.75) is 11.3 Å². The van der Waals surface area contributed by atoms with Crippen molar-refractivity contribution in [3.63, 3.8) is 0 Å². The highest BCUT2D eigenvalue weighted by atomic mass is 32.2. The standard InChI is InChI=1S/C20H20N2O6S/c1-29(25,26)16-5-2-14(3-6-16)21-20(24)13-10-19(23)22(12-13)15-4-7-17-18(11-15)28-9-8-27-17/h2-7,11,13H,8-10,12H2,1H3,(H,21,24)/t13-/m0/s1. The van der Waals surface area contributed by atoms with Gasteiger partial charge in [-0.3, -0.25) is 9.59 Å². The average molecular weight is 416 g/mol. The van der Waals surface area contributed by atoms with Gasteiger partial charge in [-0.2, -0.15) is 0 Å². The Labute approximate surface area is 168 Å². The number of amides is 2. The lowest BCUT2D eigenvalue weighted by molar-refractivity contribution is -0.122. The molecule has 1 saturated heterocycles. The molecule has 2 aliphatic rings. The monoisotopic (exact) mass is 416 g/mol. The first-order valence-electron chi connectivity index (χ1n) is 9.12. The molecule has 0 unspecified atom stereocenters. The fraction of sp³-hybridized carbons (Fsp3) is 0.300. The van der Waals surface area contributed by atoms with Crippen molar-refractivity contribution in [2.24, 2.45) is 5.92 Å². The number of sulfone groups is 1. The number of nitrogens with one attached hydrogen (secondary N) is 1. The van der Waals surface area contributed by atoms with Crippen molar-refractivity contribution in [1.82, 2.24) is 0 Å². The summed E-state index contributed by atoms with van der Waals surface area (Å²) in [5.74, 6) is 0.281. The average Bonchev–Trinajstić information content (AvgIpc) is 3.09. The van der Waals surface area contributed by atoms with Gasteiger partial charge in [0.05, 0.1) is 10.8 Å². The molecule has 152 valence electrons. The maximum Gasteiger partial charge on any atom is 0.229 e. The first-order valence-corrected chi connectivity index (χ1v) is 11.0. The molecule has 9 heteroatoms. The number of anilines is 2. The summed E-state index contributed by atoms with van der Waals surface area (Å²) in [6.07, 6.45) is 1.22. The third-order valence-corrected chi connectivity index (χ3v) is 6.01. The van der Waals surface area contributed by atoms with Gasteiger partial charge >= 0.3 is 0 Å². The smallest absolute Gasteiger partial charge is 0.229 e. The highest BCUT2D eigenvalue weighted by Gasteiger charge is 2.35. The van der Waals surface area contributed by atoms with E-state index >= 15 is 0 Å². The van der Waals surface area contributed by atoms with Crippen LogP contribution in [0.4, 0.5) is 11.4 Å². The summed E-state index contributed by atoms with van der Waals surface area (Å²) in [5, 5.41) is 2.75. The molecule has 0 spiro atoms. The predicted molar refractivity (Wildman–Crippen MR) is 106 cm³/mol. The van der Waals surface area contributed by atoms with E-state index in [0.29, 0.717) is 36.1 Å². The Morgan fingerprint density at radius 1 is 1.07 bits per heavy atom. The number of hydrogen-bond acceptors (Lipinski definition) is 6. The van der Waals surface area contributed by atoms with E-state index in [9.17, 15) is 18.0 Å². The van der Waals surface area contributed by atoms with Gasteiger partial charge in [0, 0.05) is 36.7 Å². The van der Waals surface area contributed by atoms with Crippen molar-refractivity contribution in [1.29, 1.82) is 0 Å². The van der Waals surface area contributed by atoms with Crippen LogP contribution < -0.4 is 19.7 Å². The highest BCUT2D eigenvalue weighted by molar-refractivity contribution is 7.90. The van der Waals surface area contributed by atoms with Crippen molar-refractivity contribution in [3.8, 4) is 11.5 Å². The molecule has 0 aromatic heterocycles. The van der Waals surface area contributed by atoms with Gasteiger partial charge in [-0.1, -0.05) is 0 Å². The lowest BCUT2D eigenvalue weighted by atomic mass is 10.1. The summed E-state index contributed by atoms with van der Waals surface area (Å²) in [7, 11) is -3.30. The highest BCUT2D eigenvalue weighted by Crippen LogP contribution is 2.36. The van der Waals surface area contributed by atoms with Crippen molar-refractivity contribution < 1.29 is 27.5 Å². The largest absolute Gasteiger partial charge is 0.486 e. The minimum absolute atomic E-state index is 0.0989. The third-order valence-electron chi connectivity index (χ3n) is 4.88. The Bertz CT molecular complexity index is 1060. The zero-order chi connectivity index (χ0) is 20.6. The van der Waals surface area contributed by atoms with Crippen LogP contribution in [0.2, 0.25) is 0 Å². The van der Waals surface area contributed by atoms with Crippen LogP contribution in [0.1, 0.15) is 6.42 Å². The molecular formula is C20H20N2O6S. The number of rotatable bonds is 4. The molecule has 1 atom stereocenters. The predicted octanol–water partition coefficient (Wildman–Crippen LogP) is 1.85. The Balaban J connectivity index is 1.44. The molecule has 8 nitrogen and oxygen atoms in total. The van der Waals surface area contributed by atoms with Crippen LogP contribution in [0.3, 0.4) is 0 Å². The molecule has 1 N–H and O–H groups in total. The first kappa shape index (κ1) is 19.3. The zero-order valence-electron chi connectivity index (χ0n) is 15.8. The molecule has 2 aliphatic heterocycles. The lowest BCUT2D eigenvalue weighted by Crippen LogP contribution is -2.28. The lowest BCUT2D eigenvalue weighted by Gasteiger charge is -2.22. The molecule has 2 heterocycles. The van der Waals surface area contributed by atoms with Gasteiger partial charge < -0.3 is 19.7 Å². The Morgan fingerprint density at radius 2 is 1.76 bits per heavy atom. The Kier molecular flexibility index (Phi) is 4.91. The normalized spacial score (nSPS) is 18.6. The molecule has 2 amide bonds. The van der Waals surface area contributed by atoms with Gasteiger partial charge in [0.25, 0.3) is 0 Å². The quantitative estimate of drug-likeness (QED) is 0.816. The maximum absolute atomic E-state index is 12.6. The summed E-state index contributed by atoms with van der Waals surface area (Å²) in [5.41, 5.74) is 1.14. The maximum atomic E-state index is 12.6. The van der Waals surface area contributed by atoms with Crippen molar-refractivity contribution >= 4 is 33.0 Å². The molecule has 29 heavy (non-hydrogen) atoms. The zero-order valence-corrected chi connectivity index (χ0v) is 16.6. The Morgan fingerprint density at radius 3 is 2.45 bits per heavy atom. The number of carbonyl (C=O) groups is 2. The second-order valence-electron chi connectivity index (χ2n) is 7.02. The van der Waals surface area contributed by atoms with Gasteiger partial charge in [-0.25, -0.2) is 8.42 Å². The van der Waals surface area contributed by atoms with Gasteiger partial charge in [-0.15, -0.1) is 0 Å². The van der Waals surface area contributed by atoms with E-state index in [4.69, 9.17) is 9.47 Å². The number of fused-ring (bicyclic) bond motifs is 1. The van der Waals surface area contributed by atoms with Crippen LogP contribution in [-0.2, 0) is 19.4 Å². The summed E-state index contributed by atoms with van der Waals surface area (Å²) >= 11 is 0. The van der Waals surface area contributed by atoms with Crippen LogP contribution in [0.25, 0.3) is 0 Å². The van der Waals surface area contributed by atoms with E-state index in [0.717, 1.165) is 6.26 Å². The molecule has 4 rings (SSSR count). The van der Waals surface area contributed by atoms with Crippen LogP contribution in [0, 0.1) is 5.92 Å². The van der Waals surface area contributed by atoms with Gasteiger partial charge in [0.2, 0.25) is 11.8 Å². The minimum Gasteiger partial charge on any atom is -0.486 e. The molecule has 2 aromatic carbocycles. The van der Waals surface area contributed by atoms with Crippen LogP contribution in [0.15, 0.2) is 47.4 Å². The number of nitrogens with zero attached hydrogens (tertiary/aromatic N) is 1. The third kappa shape index (κ3) is 4.04. The van der Waals surface area contributed by atoms with Crippen molar-refractivity contribution in [3.05, 3.63) is 42.5 Å². The van der Waals surface area contributed by atoms with Crippen LogP contribution >= 0.6 is 0 Å². The molecule has 2 aromatic rings. The molecule has 0 aliphatic carbocycles. The Hall–Kier alpha value is -3.07. The number of carbonyl (C=O) groups excluding carboxylic acids is 2. The van der Waals surface area contributed by atoms with E-state index in [-0.39, 0.29) is 29.7 Å².